The van der Waals surface area contributed by atoms with Crippen molar-refractivity contribution in [3.8, 4) is 0 Å². The molecule has 0 unspecified atom stereocenters. The number of carbonyl (C=O) groups is 1. The largest absolute Gasteiger partial charge is 0.323 e. The maximum atomic E-state index is 12.4. The van der Waals surface area contributed by atoms with Crippen LogP contribution in [0.4, 0.5) is 5.69 Å². The molecule has 0 aromatic carbocycles. The molecule has 124 valence electrons. The maximum absolute atomic E-state index is 12.4. The molecule has 0 radical (unpaired) electrons. The predicted octanol–water partition coefficient (Wildman–Crippen LogP) is 1.09. The van der Waals surface area contributed by atoms with Gasteiger partial charge >= 0.3 is 0 Å². The number of nitrogens with one attached hydrogen (secondary N) is 1. The molecule has 0 fully saturated rings. The third-order valence-corrected chi connectivity index (χ3v) is 3.82. The monoisotopic (exact) mass is 326 g/mol. The van der Waals surface area contributed by atoms with Crippen LogP contribution in [0.3, 0.4) is 0 Å². The Labute approximate surface area is 138 Å². The number of aromatic nitrogens is 5. The van der Waals surface area contributed by atoms with Gasteiger partial charge in [0.2, 0.25) is 5.91 Å². The highest BCUT2D eigenvalue weighted by atomic mass is 16.2. The van der Waals surface area contributed by atoms with E-state index >= 15 is 0 Å². The molecule has 8 heteroatoms. The molecule has 3 rings (SSSR count). The van der Waals surface area contributed by atoms with Crippen LogP contribution in [0.15, 0.2) is 23.4 Å². The second-order valence-corrected chi connectivity index (χ2v) is 5.77. The number of aryl methyl sites for hydroxylation is 4. The molecule has 3 aromatic rings. The van der Waals surface area contributed by atoms with E-state index in [1.807, 2.05) is 26.8 Å². The van der Waals surface area contributed by atoms with Crippen molar-refractivity contribution < 1.29 is 4.79 Å². The third-order valence-electron chi connectivity index (χ3n) is 3.82. The molecule has 0 aliphatic rings. The van der Waals surface area contributed by atoms with Crippen LogP contribution in [0.1, 0.15) is 17.0 Å². The number of pyridine rings is 1. The normalized spacial score (nSPS) is 11.0. The number of rotatable bonds is 3. The van der Waals surface area contributed by atoms with Crippen molar-refractivity contribution >= 4 is 22.6 Å². The second kappa shape index (κ2) is 5.88. The summed E-state index contributed by atoms with van der Waals surface area (Å²) in [6.45, 7) is 5.53. The first-order chi connectivity index (χ1) is 11.4. The Morgan fingerprint density at radius 1 is 1.29 bits per heavy atom. The minimum Gasteiger partial charge on any atom is -0.323 e. The quantitative estimate of drug-likeness (QED) is 0.777. The minimum atomic E-state index is -0.306. The van der Waals surface area contributed by atoms with Crippen molar-refractivity contribution in [1.29, 1.82) is 0 Å². The van der Waals surface area contributed by atoms with Gasteiger partial charge in [-0.25, -0.2) is 4.98 Å². The molecule has 1 N–H and O–H groups in total. The summed E-state index contributed by atoms with van der Waals surface area (Å²) in [6.07, 6.45) is 2.82. The van der Waals surface area contributed by atoms with E-state index < -0.39 is 0 Å². The summed E-state index contributed by atoms with van der Waals surface area (Å²) in [5.74, 6) is -0.306. The molecule has 0 spiro atoms. The summed E-state index contributed by atoms with van der Waals surface area (Å²) >= 11 is 0. The van der Waals surface area contributed by atoms with Gasteiger partial charge in [0, 0.05) is 12.7 Å². The second-order valence-electron chi connectivity index (χ2n) is 5.77. The average Bonchev–Trinajstić information content (AvgIpc) is 2.88. The first kappa shape index (κ1) is 15.9. The number of hydrogen-bond donors (Lipinski definition) is 1. The van der Waals surface area contributed by atoms with Crippen molar-refractivity contribution in [3.63, 3.8) is 0 Å². The van der Waals surface area contributed by atoms with Crippen LogP contribution >= 0.6 is 0 Å². The van der Waals surface area contributed by atoms with E-state index in [1.165, 1.54) is 21.8 Å². The smallest absolute Gasteiger partial charge is 0.264 e. The number of hydrogen-bond acceptors (Lipinski definition) is 5. The van der Waals surface area contributed by atoms with E-state index in [1.54, 1.807) is 7.05 Å². The summed E-state index contributed by atoms with van der Waals surface area (Å²) in [5.41, 5.74) is 3.44. The van der Waals surface area contributed by atoms with Crippen molar-refractivity contribution in [1.82, 2.24) is 24.3 Å². The lowest BCUT2D eigenvalue weighted by atomic mass is 10.1. The third kappa shape index (κ3) is 2.78. The molecule has 0 bridgehead atoms. The summed E-state index contributed by atoms with van der Waals surface area (Å²) in [5, 5.41) is 7.22. The van der Waals surface area contributed by atoms with Gasteiger partial charge < -0.3 is 5.32 Å². The van der Waals surface area contributed by atoms with Gasteiger partial charge in [0.1, 0.15) is 18.3 Å². The Morgan fingerprint density at radius 2 is 2.04 bits per heavy atom. The summed E-state index contributed by atoms with van der Waals surface area (Å²) in [4.78, 5) is 33.2. The first-order valence-corrected chi connectivity index (χ1v) is 7.48. The van der Waals surface area contributed by atoms with Crippen LogP contribution in [0, 0.1) is 20.8 Å². The minimum absolute atomic E-state index is 0.122. The fourth-order valence-electron chi connectivity index (χ4n) is 2.73. The van der Waals surface area contributed by atoms with Gasteiger partial charge in [-0.15, -0.1) is 0 Å². The van der Waals surface area contributed by atoms with Gasteiger partial charge in [0.25, 0.3) is 5.56 Å². The SMILES string of the molecule is Cc1cc(C)c(NC(=O)Cn2cnc3c(cnn3C)c2=O)c(C)n1. The van der Waals surface area contributed by atoms with Crippen LogP contribution in [0.2, 0.25) is 0 Å². The number of carbonyl (C=O) groups excluding carboxylic acids is 1. The highest BCUT2D eigenvalue weighted by Gasteiger charge is 2.13. The molecular weight excluding hydrogens is 308 g/mol. The number of fused-ring (bicyclic) bond motifs is 1. The fourth-order valence-corrected chi connectivity index (χ4v) is 2.73. The van der Waals surface area contributed by atoms with Gasteiger partial charge in [-0.05, 0) is 32.4 Å². The molecule has 3 heterocycles. The molecule has 0 saturated heterocycles. The number of anilines is 1. The Morgan fingerprint density at radius 3 is 2.75 bits per heavy atom. The lowest BCUT2D eigenvalue weighted by Gasteiger charge is -2.12. The lowest BCUT2D eigenvalue weighted by molar-refractivity contribution is -0.116. The van der Waals surface area contributed by atoms with Gasteiger partial charge in [0.15, 0.2) is 5.65 Å². The number of amides is 1. The number of nitrogens with zero attached hydrogens (tertiary/aromatic N) is 5. The highest BCUT2D eigenvalue weighted by Crippen LogP contribution is 2.19. The molecular formula is C16H18N6O2. The van der Waals surface area contributed by atoms with Gasteiger partial charge in [-0.3, -0.25) is 23.8 Å². The van der Waals surface area contributed by atoms with E-state index in [0.717, 1.165) is 17.0 Å². The lowest BCUT2D eigenvalue weighted by Crippen LogP contribution is -2.28. The van der Waals surface area contributed by atoms with Gasteiger partial charge in [0.05, 0.1) is 17.6 Å². The van der Waals surface area contributed by atoms with Crippen molar-refractivity contribution in [2.75, 3.05) is 5.32 Å². The van der Waals surface area contributed by atoms with E-state index in [-0.39, 0.29) is 18.0 Å². The molecule has 0 saturated carbocycles. The van der Waals surface area contributed by atoms with Gasteiger partial charge in [-0.1, -0.05) is 0 Å². The summed E-state index contributed by atoms with van der Waals surface area (Å²) in [7, 11) is 1.71. The van der Waals surface area contributed by atoms with E-state index in [4.69, 9.17) is 0 Å². The Bertz CT molecular complexity index is 978. The predicted molar refractivity (Wildman–Crippen MR) is 89.8 cm³/mol. The molecule has 0 atom stereocenters. The summed E-state index contributed by atoms with van der Waals surface area (Å²) in [6, 6.07) is 1.90. The van der Waals surface area contributed by atoms with Crippen molar-refractivity contribution in [2.24, 2.45) is 7.05 Å². The zero-order valence-electron chi connectivity index (χ0n) is 14.0. The van der Waals surface area contributed by atoms with Crippen molar-refractivity contribution in [3.05, 3.63) is 45.9 Å². The molecule has 1 amide bonds. The topological polar surface area (TPSA) is 94.7 Å². The van der Waals surface area contributed by atoms with Crippen molar-refractivity contribution in [2.45, 2.75) is 27.3 Å². The first-order valence-electron chi connectivity index (χ1n) is 7.48. The molecule has 0 aliphatic heterocycles. The highest BCUT2D eigenvalue weighted by molar-refractivity contribution is 5.92. The van der Waals surface area contributed by atoms with E-state index in [9.17, 15) is 9.59 Å². The van der Waals surface area contributed by atoms with Crippen LogP contribution < -0.4 is 10.9 Å². The zero-order chi connectivity index (χ0) is 17.4. The van der Waals surface area contributed by atoms with Crippen LogP contribution in [-0.4, -0.2) is 30.2 Å². The standard InChI is InChI=1S/C16H18N6O2/c1-9-5-10(2)19-11(3)14(9)20-13(23)7-22-8-17-15-12(16(22)24)6-18-21(15)4/h5-6,8H,7H2,1-4H3,(H,20,23). The zero-order valence-corrected chi connectivity index (χ0v) is 14.0. The van der Waals surface area contributed by atoms with Gasteiger partial charge in [-0.2, -0.15) is 5.10 Å². The Balaban J connectivity index is 1.86. The molecule has 3 aromatic heterocycles. The molecule has 8 nitrogen and oxygen atoms in total. The summed E-state index contributed by atoms with van der Waals surface area (Å²) < 4.78 is 2.79. The fraction of sp³-hybridized carbons (Fsp3) is 0.312. The Hall–Kier alpha value is -3.03. The Kier molecular flexibility index (Phi) is 3.88. The van der Waals surface area contributed by atoms with E-state index in [2.05, 4.69) is 20.4 Å². The van der Waals surface area contributed by atoms with Crippen LogP contribution in [0.25, 0.3) is 11.0 Å². The maximum Gasteiger partial charge on any atom is 0.264 e. The molecule has 0 aliphatic carbocycles. The van der Waals surface area contributed by atoms with Crippen LogP contribution in [-0.2, 0) is 18.4 Å². The van der Waals surface area contributed by atoms with Crippen LogP contribution in [0.5, 0.6) is 0 Å². The van der Waals surface area contributed by atoms with E-state index in [0.29, 0.717) is 16.7 Å². The average molecular weight is 326 g/mol. The molecule has 24 heavy (non-hydrogen) atoms.